The molecule has 0 saturated carbocycles. The molecule has 1 aromatic carbocycles. The van der Waals surface area contributed by atoms with Crippen molar-refractivity contribution < 1.29 is 8.42 Å². The standard InChI is InChI=1S/C14H18N2O2S/c17-19(18,13-8-14-6-2-1-3-7-14)15-9-12-16-10-4-5-11-16/h1-7,10-11,15H,8-9,12-13H2. The maximum absolute atomic E-state index is 11.8. The van der Waals surface area contributed by atoms with Crippen LogP contribution in [0.25, 0.3) is 0 Å². The van der Waals surface area contributed by atoms with Gasteiger partial charge in [0.2, 0.25) is 10.0 Å². The molecule has 0 atom stereocenters. The van der Waals surface area contributed by atoms with E-state index in [0.717, 1.165) is 5.56 Å². The van der Waals surface area contributed by atoms with Gasteiger partial charge in [-0.05, 0) is 24.1 Å². The molecular weight excluding hydrogens is 260 g/mol. The summed E-state index contributed by atoms with van der Waals surface area (Å²) >= 11 is 0. The number of hydrogen-bond acceptors (Lipinski definition) is 2. The van der Waals surface area contributed by atoms with Crippen LogP contribution < -0.4 is 4.72 Å². The molecule has 0 aliphatic carbocycles. The zero-order chi connectivity index (χ0) is 13.6. The van der Waals surface area contributed by atoms with Gasteiger partial charge in [-0.1, -0.05) is 30.3 Å². The highest BCUT2D eigenvalue weighted by molar-refractivity contribution is 7.89. The van der Waals surface area contributed by atoms with Crippen molar-refractivity contribution in [2.24, 2.45) is 0 Å². The third kappa shape index (κ3) is 4.89. The van der Waals surface area contributed by atoms with E-state index in [1.807, 2.05) is 59.4 Å². The van der Waals surface area contributed by atoms with Crippen molar-refractivity contribution in [1.82, 2.24) is 9.29 Å². The van der Waals surface area contributed by atoms with E-state index in [1.54, 1.807) is 0 Å². The second-order valence-electron chi connectivity index (χ2n) is 4.37. The van der Waals surface area contributed by atoms with Gasteiger partial charge in [-0.25, -0.2) is 13.1 Å². The van der Waals surface area contributed by atoms with Gasteiger partial charge in [0.05, 0.1) is 5.75 Å². The van der Waals surface area contributed by atoms with Crippen LogP contribution in [0.1, 0.15) is 5.56 Å². The van der Waals surface area contributed by atoms with Crippen LogP contribution in [0.3, 0.4) is 0 Å². The molecular formula is C14H18N2O2S. The van der Waals surface area contributed by atoms with Gasteiger partial charge in [0.25, 0.3) is 0 Å². The summed E-state index contributed by atoms with van der Waals surface area (Å²) in [5.74, 6) is 0.128. The summed E-state index contributed by atoms with van der Waals surface area (Å²) in [6, 6.07) is 13.5. The molecule has 1 heterocycles. The van der Waals surface area contributed by atoms with E-state index in [2.05, 4.69) is 4.72 Å². The van der Waals surface area contributed by atoms with Gasteiger partial charge in [-0.15, -0.1) is 0 Å². The molecule has 0 radical (unpaired) electrons. The monoisotopic (exact) mass is 278 g/mol. The SMILES string of the molecule is O=S(=O)(CCc1ccccc1)NCCn1cccc1. The van der Waals surface area contributed by atoms with Crippen LogP contribution in [-0.2, 0) is 23.0 Å². The highest BCUT2D eigenvalue weighted by Crippen LogP contribution is 2.01. The smallest absolute Gasteiger partial charge is 0.211 e. The van der Waals surface area contributed by atoms with E-state index < -0.39 is 10.0 Å². The van der Waals surface area contributed by atoms with Crippen molar-refractivity contribution in [2.75, 3.05) is 12.3 Å². The van der Waals surface area contributed by atoms with Gasteiger partial charge >= 0.3 is 0 Å². The van der Waals surface area contributed by atoms with Crippen LogP contribution in [0, 0.1) is 0 Å². The van der Waals surface area contributed by atoms with Gasteiger partial charge in [0.15, 0.2) is 0 Å². The van der Waals surface area contributed by atoms with E-state index in [4.69, 9.17) is 0 Å². The fourth-order valence-corrected chi connectivity index (χ4v) is 2.87. The Hall–Kier alpha value is -1.59. The molecule has 2 aromatic rings. The third-order valence-electron chi connectivity index (χ3n) is 2.86. The average Bonchev–Trinajstić information content (AvgIpc) is 2.91. The lowest BCUT2D eigenvalue weighted by atomic mass is 10.2. The normalized spacial score (nSPS) is 11.6. The summed E-state index contributed by atoms with van der Waals surface area (Å²) in [6.45, 7) is 1.07. The van der Waals surface area contributed by atoms with Gasteiger partial charge in [-0.3, -0.25) is 0 Å². The van der Waals surface area contributed by atoms with Gasteiger partial charge in [-0.2, -0.15) is 0 Å². The number of nitrogens with zero attached hydrogens (tertiary/aromatic N) is 1. The molecule has 2 rings (SSSR count). The Morgan fingerprint density at radius 3 is 2.37 bits per heavy atom. The summed E-state index contributed by atoms with van der Waals surface area (Å²) in [7, 11) is -3.20. The van der Waals surface area contributed by atoms with Crippen molar-refractivity contribution in [3.63, 3.8) is 0 Å². The number of nitrogens with one attached hydrogen (secondary N) is 1. The Balaban J connectivity index is 1.76. The summed E-state index contributed by atoms with van der Waals surface area (Å²) in [5, 5.41) is 0. The van der Waals surface area contributed by atoms with Crippen molar-refractivity contribution in [3.05, 3.63) is 60.4 Å². The van der Waals surface area contributed by atoms with E-state index in [-0.39, 0.29) is 5.75 Å². The Labute approximate surface area is 114 Å². The maximum Gasteiger partial charge on any atom is 0.211 e. The zero-order valence-corrected chi connectivity index (χ0v) is 11.5. The van der Waals surface area contributed by atoms with Gasteiger partial charge in [0, 0.05) is 25.5 Å². The van der Waals surface area contributed by atoms with E-state index in [1.165, 1.54) is 0 Å². The molecule has 0 amide bonds. The number of hydrogen-bond donors (Lipinski definition) is 1. The lowest BCUT2D eigenvalue weighted by Crippen LogP contribution is -2.30. The lowest BCUT2D eigenvalue weighted by molar-refractivity contribution is 0.572. The number of benzene rings is 1. The Bertz CT molecular complexity index is 577. The Morgan fingerprint density at radius 1 is 1.00 bits per heavy atom. The zero-order valence-electron chi connectivity index (χ0n) is 10.7. The predicted molar refractivity (Wildman–Crippen MR) is 76.4 cm³/mol. The fourth-order valence-electron chi connectivity index (χ4n) is 1.82. The molecule has 1 N–H and O–H groups in total. The Kier molecular flexibility index (Phi) is 4.76. The molecule has 102 valence electrons. The molecule has 0 aliphatic heterocycles. The van der Waals surface area contributed by atoms with Crippen molar-refractivity contribution in [2.45, 2.75) is 13.0 Å². The maximum atomic E-state index is 11.8. The van der Waals surface area contributed by atoms with Gasteiger partial charge < -0.3 is 4.57 Å². The molecule has 5 heteroatoms. The van der Waals surface area contributed by atoms with Crippen LogP contribution in [0.2, 0.25) is 0 Å². The predicted octanol–water partition coefficient (Wildman–Crippen LogP) is 1.65. The number of sulfonamides is 1. The lowest BCUT2D eigenvalue weighted by Gasteiger charge is -2.07. The molecule has 0 fully saturated rings. The van der Waals surface area contributed by atoms with Crippen molar-refractivity contribution in [1.29, 1.82) is 0 Å². The molecule has 0 bridgehead atoms. The highest BCUT2D eigenvalue weighted by atomic mass is 32.2. The summed E-state index contributed by atoms with van der Waals surface area (Å²) in [5.41, 5.74) is 1.04. The molecule has 0 saturated heterocycles. The van der Waals surface area contributed by atoms with Crippen LogP contribution >= 0.6 is 0 Å². The van der Waals surface area contributed by atoms with Crippen LogP contribution in [0.4, 0.5) is 0 Å². The molecule has 0 spiro atoms. The van der Waals surface area contributed by atoms with Crippen LogP contribution in [0.15, 0.2) is 54.9 Å². The van der Waals surface area contributed by atoms with E-state index in [0.29, 0.717) is 19.5 Å². The second-order valence-corrected chi connectivity index (χ2v) is 6.30. The average molecular weight is 278 g/mol. The first-order chi connectivity index (χ1) is 9.16. The minimum Gasteiger partial charge on any atom is -0.353 e. The molecule has 0 aliphatic rings. The molecule has 4 nitrogen and oxygen atoms in total. The minimum absolute atomic E-state index is 0.128. The fraction of sp³-hybridized carbons (Fsp3) is 0.286. The number of rotatable bonds is 7. The summed E-state index contributed by atoms with van der Waals surface area (Å²) < 4.78 is 28.2. The van der Waals surface area contributed by atoms with E-state index in [9.17, 15) is 8.42 Å². The van der Waals surface area contributed by atoms with E-state index >= 15 is 0 Å². The first kappa shape index (κ1) is 13.8. The molecule has 19 heavy (non-hydrogen) atoms. The summed E-state index contributed by atoms with van der Waals surface area (Å²) in [4.78, 5) is 0. The topological polar surface area (TPSA) is 51.1 Å². The first-order valence-electron chi connectivity index (χ1n) is 6.28. The van der Waals surface area contributed by atoms with Crippen molar-refractivity contribution in [3.8, 4) is 0 Å². The summed E-state index contributed by atoms with van der Waals surface area (Å²) in [6.07, 6.45) is 4.37. The largest absolute Gasteiger partial charge is 0.353 e. The second kappa shape index (κ2) is 6.54. The quantitative estimate of drug-likeness (QED) is 0.837. The van der Waals surface area contributed by atoms with Crippen LogP contribution in [0.5, 0.6) is 0 Å². The number of aryl methyl sites for hydroxylation is 1. The molecule has 1 aromatic heterocycles. The van der Waals surface area contributed by atoms with Crippen molar-refractivity contribution >= 4 is 10.0 Å². The van der Waals surface area contributed by atoms with Gasteiger partial charge in [0.1, 0.15) is 0 Å². The minimum atomic E-state index is -3.20. The highest BCUT2D eigenvalue weighted by Gasteiger charge is 2.09. The molecule has 0 unspecified atom stereocenters. The third-order valence-corrected chi connectivity index (χ3v) is 4.25. The first-order valence-corrected chi connectivity index (χ1v) is 7.93. The number of aromatic nitrogens is 1. The Morgan fingerprint density at radius 2 is 1.68 bits per heavy atom. The van der Waals surface area contributed by atoms with Crippen LogP contribution in [-0.4, -0.2) is 25.3 Å².